The van der Waals surface area contributed by atoms with Crippen LogP contribution in [0.1, 0.15) is 23.8 Å². The van der Waals surface area contributed by atoms with E-state index in [1.54, 1.807) is 7.11 Å². The summed E-state index contributed by atoms with van der Waals surface area (Å²) < 4.78 is 4.96. The third-order valence-electron chi connectivity index (χ3n) is 3.13. The Kier molecular flexibility index (Phi) is 5.51. The third kappa shape index (κ3) is 3.92. The average molecular weight is 287 g/mol. The van der Waals surface area contributed by atoms with E-state index in [1.807, 2.05) is 37.3 Å². The summed E-state index contributed by atoms with van der Waals surface area (Å²) in [6.45, 7) is 3.98. The lowest BCUT2D eigenvalue weighted by atomic mass is 10.1. The molecule has 0 saturated carbocycles. The molecule has 1 aromatic carbocycles. The molecule has 0 unspecified atom stereocenters. The number of hydrogen-bond acceptors (Lipinski definition) is 4. The van der Waals surface area contributed by atoms with Gasteiger partial charge in [-0.15, -0.1) is 0 Å². The zero-order valence-corrected chi connectivity index (χ0v) is 12.5. The molecule has 2 rings (SSSR count). The number of hydrogen-bond donors (Lipinski definition) is 2. The molecule has 112 valence electrons. The molecule has 5 nitrogen and oxygen atoms in total. The van der Waals surface area contributed by atoms with Gasteiger partial charge in [0.1, 0.15) is 11.5 Å². The van der Waals surface area contributed by atoms with Crippen molar-refractivity contribution in [1.82, 2.24) is 10.3 Å². The standard InChI is InChI=1S/C16H21N3O2/c1-3-17-15-13-8-5-4-7-12(13)11-14(19-15)16(20)18-9-6-10-21-2/h4-5,7-8,11H,3,6,9-10H2,1-2H3,(H,17,19)(H,18,20). The molecule has 21 heavy (non-hydrogen) atoms. The second-order valence-electron chi connectivity index (χ2n) is 4.71. The van der Waals surface area contributed by atoms with Crippen molar-refractivity contribution in [2.24, 2.45) is 0 Å². The molecule has 0 aliphatic rings. The number of nitrogens with zero attached hydrogens (tertiary/aromatic N) is 1. The van der Waals surface area contributed by atoms with Gasteiger partial charge in [-0.1, -0.05) is 24.3 Å². The molecule has 0 fully saturated rings. The first kappa shape index (κ1) is 15.3. The van der Waals surface area contributed by atoms with E-state index in [0.717, 1.165) is 29.6 Å². The molecular formula is C16H21N3O2. The minimum atomic E-state index is -0.156. The number of amides is 1. The van der Waals surface area contributed by atoms with Crippen LogP contribution in [0.15, 0.2) is 30.3 Å². The van der Waals surface area contributed by atoms with Crippen LogP contribution in [0.4, 0.5) is 5.82 Å². The first-order valence-electron chi connectivity index (χ1n) is 7.17. The Morgan fingerprint density at radius 3 is 2.90 bits per heavy atom. The lowest BCUT2D eigenvalue weighted by Crippen LogP contribution is -2.26. The van der Waals surface area contributed by atoms with Crippen molar-refractivity contribution < 1.29 is 9.53 Å². The Morgan fingerprint density at radius 2 is 2.14 bits per heavy atom. The number of pyridine rings is 1. The second kappa shape index (κ2) is 7.59. The summed E-state index contributed by atoms with van der Waals surface area (Å²) in [6, 6.07) is 9.73. The third-order valence-corrected chi connectivity index (χ3v) is 3.13. The lowest BCUT2D eigenvalue weighted by Gasteiger charge is -2.10. The van der Waals surface area contributed by atoms with Crippen molar-refractivity contribution in [3.63, 3.8) is 0 Å². The SMILES string of the molecule is CCNc1nc(C(=O)NCCCOC)cc2ccccc12. The highest BCUT2D eigenvalue weighted by molar-refractivity contribution is 6.00. The number of methoxy groups -OCH3 is 1. The van der Waals surface area contributed by atoms with Crippen LogP contribution in [0.3, 0.4) is 0 Å². The Hall–Kier alpha value is -2.14. The van der Waals surface area contributed by atoms with Crippen LogP contribution in [-0.4, -0.2) is 37.7 Å². The molecule has 1 amide bonds. The van der Waals surface area contributed by atoms with E-state index in [2.05, 4.69) is 15.6 Å². The molecule has 5 heteroatoms. The fourth-order valence-electron chi connectivity index (χ4n) is 2.13. The summed E-state index contributed by atoms with van der Waals surface area (Å²) in [5.74, 6) is 0.591. The van der Waals surface area contributed by atoms with E-state index >= 15 is 0 Å². The number of nitrogens with one attached hydrogen (secondary N) is 2. The smallest absolute Gasteiger partial charge is 0.269 e. The number of ether oxygens (including phenoxy) is 1. The molecule has 1 aromatic heterocycles. The van der Waals surface area contributed by atoms with Gasteiger partial charge in [-0.2, -0.15) is 0 Å². The van der Waals surface area contributed by atoms with E-state index in [9.17, 15) is 4.79 Å². The van der Waals surface area contributed by atoms with Crippen LogP contribution in [0, 0.1) is 0 Å². The van der Waals surface area contributed by atoms with Crippen molar-refractivity contribution >= 4 is 22.5 Å². The van der Waals surface area contributed by atoms with Gasteiger partial charge in [0, 0.05) is 32.2 Å². The van der Waals surface area contributed by atoms with Gasteiger partial charge in [0.15, 0.2) is 0 Å². The number of carbonyl (C=O) groups excluding carboxylic acids is 1. The minimum absolute atomic E-state index is 0.156. The highest BCUT2D eigenvalue weighted by Crippen LogP contribution is 2.22. The number of anilines is 1. The van der Waals surface area contributed by atoms with E-state index in [4.69, 9.17) is 4.74 Å². The number of rotatable bonds is 7. The van der Waals surface area contributed by atoms with Gasteiger partial charge in [0.25, 0.3) is 5.91 Å². The summed E-state index contributed by atoms with van der Waals surface area (Å²) in [4.78, 5) is 16.6. The average Bonchev–Trinajstić information content (AvgIpc) is 2.51. The van der Waals surface area contributed by atoms with Gasteiger partial charge >= 0.3 is 0 Å². The van der Waals surface area contributed by atoms with Gasteiger partial charge in [0.05, 0.1) is 0 Å². The quantitative estimate of drug-likeness (QED) is 0.768. The fraction of sp³-hybridized carbons (Fsp3) is 0.375. The normalized spacial score (nSPS) is 10.6. The van der Waals surface area contributed by atoms with E-state index in [-0.39, 0.29) is 5.91 Å². The van der Waals surface area contributed by atoms with Crippen LogP contribution >= 0.6 is 0 Å². The molecule has 0 spiro atoms. The maximum absolute atomic E-state index is 12.2. The molecule has 2 N–H and O–H groups in total. The van der Waals surface area contributed by atoms with Crippen LogP contribution in [0.25, 0.3) is 10.8 Å². The maximum Gasteiger partial charge on any atom is 0.269 e. The first-order chi connectivity index (χ1) is 10.3. The first-order valence-corrected chi connectivity index (χ1v) is 7.17. The molecule has 2 aromatic rings. The van der Waals surface area contributed by atoms with E-state index < -0.39 is 0 Å². The number of benzene rings is 1. The summed E-state index contributed by atoms with van der Waals surface area (Å²) in [5, 5.41) is 8.10. The monoisotopic (exact) mass is 287 g/mol. The predicted molar refractivity (Wildman–Crippen MR) is 84.7 cm³/mol. The fourth-order valence-corrected chi connectivity index (χ4v) is 2.13. The zero-order chi connectivity index (χ0) is 15.1. The molecule has 0 aliphatic heterocycles. The van der Waals surface area contributed by atoms with Crippen molar-refractivity contribution in [3.8, 4) is 0 Å². The number of carbonyl (C=O) groups is 1. The Balaban J connectivity index is 2.21. The van der Waals surface area contributed by atoms with Crippen LogP contribution < -0.4 is 10.6 Å². The van der Waals surface area contributed by atoms with Crippen molar-refractivity contribution in [1.29, 1.82) is 0 Å². The van der Waals surface area contributed by atoms with Crippen molar-refractivity contribution in [2.45, 2.75) is 13.3 Å². The van der Waals surface area contributed by atoms with E-state index in [1.165, 1.54) is 0 Å². The van der Waals surface area contributed by atoms with E-state index in [0.29, 0.717) is 18.8 Å². The van der Waals surface area contributed by atoms with Crippen LogP contribution in [0.5, 0.6) is 0 Å². The molecule has 0 atom stereocenters. The molecule has 0 aliphatic carbocycles. The van der Waals surface area contributed by atoms with Gasteiger partial charge in [-0.3, -0.25) is 4.79 Å². The molecule has 0 radical (unpaired) electrons. The minimum Gasteiger partial charge on any atom is -0.385 e. The largest absolute Gasteiger partial charge is 0.385 e. The van der Waals surface area contributed by atoms with Gasteiger partial charge in [-0.05, 0) is 24.8 Å². The van der Waals surface area contributed by atoms with Crippen LogP contribution in [0.2, 0.25) is 0 Å². The molecule has 0 saturated heterocycles. The van der Waals surface area contributed by atoms with Gasteiger partial charge in [0.2, 0.25) is 0 Å². The maximum atomic E-state index is 12.2. The summed E-state index contributed by atoms with van der Waals surface area (Å²) in [7, 11) is 1.65. The topological polar surface area (TPSA) is 63.2 Å². The Labute approximate surface area is 124 Å². The molecular weight excluding hydrogens is 266 g/mol. The van der Waals surface area contributed by atoms with Gasteiger partial charge in [-0.25, -0.2) is 4.98 Å². The highest BCUT2D eigenvalue weighted by atomic mass is 16.5. The van der Waals surface area contributed by atoms with Crippen molar-refractivity contribution in [3.05, 3.63) is 36.0 Å². The predicted octanol–water partition coefficient (Wildman–Crippen LogP) is 2.43. The second-order valence-corrected chi connectivity index (χ2v) is 4.71. The summed E-state index contributed by atoms with van der Waals surface area (Å²) in [5.41, 5.74) is 0.432. The van der Waals surface area contributed by atoms with Crippen LogP contribution in [-0.2, 0) is 4.74 Å². The molecule has 0 bridgehead atoms. The summed E-state index contributed by atoms with van der Waals surface area (Å²) >= 11 is 0. The number of fused-ring (bicyclic) bond motifs is 1. The Morgan fingerprint density at radius 1 is 1.33 bits per heavy atom. The highest BCUT2D eigenvalue weighted by Gasteiger charge is 2.11. The molecule has 1 heterocycles. The van der Waals surface area contributed by atoms with Gasteiger partial charge < -0.3 is 15.4 Å². The Bertz CT molecular complexity index is 613. The lowest BCUT2D eigenvalue weighted by molar-refractivity contribution is 0.0944. The van der Waals surface area contributed by atoms with Crippen molar-refractivity contribution in [2.75, 3.05) is 32.1 Å². The number of aromatic nitrogens is 1. The summed E-state index contributed by atoms with van der Waals surface area (Å²) in [6.07, 6.45) is 0.788. The zero-order valence-electron chi connectivity index (χ0n) is 12.5.